The third kappa shape index (κ3) is 6.49. The summed E-state index contributed by atoms with van der Waals surface area (Å²) in [5.41, 5.74) is 1.00. The molecule has 0 bridgehead atoms. The van der Waals surface area contributed by atoms with Gasteiger partial charge in [-0.15, -0.1) is 0 Å². The van der Waals surface area contributed by atoms with Crippen molar-refractivity contribution in [1.82, 2.24) is 15.5 Å². The van der Waals surface area contributed by atoms with Crippen molar-refractivity contribution < 1.29 is 9.53 Å². The van der Waals surface area contributed by atoms with Crippen LogP contribution in [-0.2, 0) is 11.2 Å². The third-order valence-corrected chi connectivity index (χ3v) is 4.78. The number of halogens is 1. The van der Waals surface area contributed by atoms with Gasteiger partial charge in [-0.25, -0.2) is 4.79 Å². The van der Waals surface area contributed by atoms with Gasteiger partial charge in [0.25, 0.3) is 0 Å². The quantitative estimate of drug-likeness (QED) is 0.812. The zero-order valence-electron chi connectivity index (χ0n) is 15.6. The number of amides is 2. The zero-order valence-corrected chi connectivity index (χ0v) is 16.4. The van der Waals surface area contributed by atoms with Crippen molar-refractivity contribution in [2.45, 2.75) is 51.9 Å². The second-order valence-corrected chi connectivity index (χ2v) is 7.90. The minimum absolute atomic E-state index is 0.114. The van der Waals surface area contributed by atoms with E-state index >= 15 is 0 Å². The van der Waals surface area contributed by atoms with E-state index in [1.54, 1.807) is 0 Å². The van der Waals surface area contributed by atoms with Crippen LogP contribution in [0.5, 0.6) is 0 Å². The number of morpholine rings is 1. The van der Waals surface area contributed by atoms with E-state index in [2.05, 4.69) is 43.2 Å². The van der Waals surface area contributed by atoms with E-state index in [4.69, 9.17) is 16.3 Å². The summed E-state index contributed by atoms with van der Waals surface area (Å²) in [7, 11) is 0. The van der Waals surface area contributed by atoms with Crippen molar-refractivity contribution in [3.05, 3.63) is 34.9 Å². The third-order valence-electron chi connectivity index (χ3n) is 4.55. The van der Waals surface area contributed by atoms with Gasteiger partial charge < -0.3 is 15.4 Å². The van der Waals surface area contributed by atoms with Crippen LogP contribution in [0, 0.1) is 0 Å². The van der Waals surface area contributed by atoms with Crippen LogP contribution in [0.25, 0.3) is 0 Å². The van der Waals surface area contributed by atoms with Gasteiger partial charge in [0.15, 0.2) is 0 Å². The summed E-state index contributed by atoms with van der Waals surface area (Å²) in [6.07, 6.45) is 1.19. The highest BCUT2D eigenvalue weighted by molar-refractivity contribution is 6.30. The monoisotopic (exact) mass is 367 g/mol. The van der Waals surface area contributed by atoms with Crippen LogP contribution >= 0.6 is 11.6 Å². The predicted octanol–water partition coefficient (Wildman–Crippen LogP) is 3.07. The molecule has 0 aromatic heterocycles. The Morgan fingerprint density at radius 1 is 1.28 bits per heavy atom. The number of hydrogen-bond acceptors (Lipinski definition) is 3. The van der Waals surface area contributed by atoms with Crippen LogP contribution in [0.3, 0.4) is 0 Å². The Morgan fingerprint density at radius 2 is 1.96 bits per heavy atom. The molecule has 0 spiro atoms. The lowest BCUT2D eigenvalue weighted by atomic mass is 10.00. The Balaban J connectivity index is 1.73. The molecule has 2 atom stereocenters. The van der Waals surface area contributed by atoms with Crippen LogP contribution in [0.15, 0.2) is 24.3 Å². The second kappa shape index (κ2) is 8.88. The van der Waals surface area contributed by atoms with E-state index in [9.17, 15) is 4.79 Å². The molecule has 5 nitrogen and oxygen atoms in total. The van der Waals surface area contributed by atoms with Gasteiger partial charge in [0, 0.05) is 36.7 Å². The highest BCUT2D eigenvalue weighted by Gasteiger charge is 2.33. The molecule has 0 saturated carbocycles. The number of rotatable bonds is 6. The lowest BCUT2D eigenvalue weighted by Crippen LogP contribution is -2.59. The lowest BCUT2D eigenvalue weighted by molar-refractivity contribution is -0.0947. The molecule has 0 radical (unpaired) electrons. The van der Waals surface area contributed by atoms with Crippen molar-refractivity contribution in [2.75, 3.05) is 26.2 Å². The number of carbonyl (C=O) groups excluding carboxylic acids is 1. The Labute approximate surface area is 156 Å². The van der Waals surface area contributed by atoms with E-state index < -0.39 is 0 Å². The fourth-order valence-corrected chi connectivity index (χ4v) is 3.37. The van der Waals surface area contributed by atoms with Crippen LogP contribution in [0.2, 0.25) is 5.02 Å². The average Bonchev–Trinajstić information content (AvgIpc) is 2.52. The molecule has 1 heterocycles. The minimum atomic E-state index is -0.135. The Bertz CT molecular complexity index is 570. The van der Waals surface area contributed by atoms with Crippen LogP contribution in [0.4, 0.5) is 4.79 Å². The maximum Gasteiger partial charge on any atom is 0.314 e. The molecule has 2 N–H and O–H groups in total. The Kier molecular flexibility index (Phi) is 7.11. The van der Waals surface area contributed by atoms with E-state index in [1.165, 1.54) is 0 Å². The van der Waals surface area contributed by atoms with Gasteiger partial charge in [0.1, 0.15) is 0 Å². The van der Waals surface area contributed by atoms with Crippen molar-refractivity contribution in [3.8, 4) is 0 Å². The van der Waals surface area contributed by atoms with E-state index in [1.807, 2.05) is 24.3 Å². The molecule has 1 fully saturated rings. The molecule has 25 heavy (non-hydrogen) atoms. The second-order valence-electron chi connectivity index (χ2n) is 7.46. The summed E-state index contributed by atoms with van der Waals surface area (Å²) >= 11 is 5.97. The average molecular weight is 368 g/mol. The summed E-state index contributed by atoms with van der Waals surface area (Å²) in [6, 6.07) is 7.57. The smallest absolute Gasteiger partial charge is 0.314 e. The summed E-state index contributed by atoms with van der Waals surface area (Å²) in [4.78, 5) is 14.5. The van der Waals surface area contributed by atoms with E-state index in [-0.39, 0.29) is 23.8 Å². The standard InChI is InChI=1S/C19H30ClN3O2/c1-14-11-23(12-15(2)25-14)19(3,4)13-22-18(24)21-9-8-16-6-5-7-17(20)10-16/h5-7,10,14-15H,8-9,11-13H2,1-4H3,(H2,21,22,24)/t14-,15-/m0/s1. The maximum absolute atomic E-state index is 12.1. The van der Waals surface area contributed by atoms with Crippen LogP contribution in [0.1, 0.15) is 33.3 Å². The number of nitrogens with zero attached hydrogens (tertiary/aromatic N) is 1. The first-order valence-corrected chi connectivity index (χ1v) is 9.31. The molecule has 1 aromatic carbocycles. The van der Waals surface area contributed by atoms with Gasteiger partial charge in [-0.1, -0.05) is 23.7 Å². The first kappa shape index (κ1) is 20.0. The van der Waals surface area contributed by atoms with Crippen molar-refractivity contribution in [1.29, 1.82) is 0 Å². The molecular formula is C19H30ClN3O2. The number of urea groups is 1. The molecule has 1 aromatic rings. The van der Waals surface area contributed by atoms with Crippen molar-refractivity contribution in [3.63, 3.8) is 0 Å². The molecule has 0 aliphatic carbocycles. The zero-order chi connectivity index (χ0) is 18.4. The topological polar surface area (TPSA) is 53.6 Å². The van der Waals surface area contributed by atoms with Crippen LogP contribution < -0.4 is 10.6 Å². The fourth-order valence-electron chi connectivity index (χ4n) is 3.16. The number of nitrogens with one attached hydrogen (secondary N) is 2. The van der Waals surface area contributed by atoms with E-state index in [0.717, 1.165) is 30.1 Å². The maximum atomic E-state index is 12.1. The van der Waals surface area contributed by atoms with E-state index in [0.29, 0.717) is 13.1 Å². The minimum Gasteiger partial charge on any atom is -0.373 e. The number of ether oxygens (including phenoxy) is 1. The summed E-state index contributed by atoms with van der Waals surface area (Å²) in [6.45, 7) is 11.4. The number of carbonyl (C=O) groups is 1. The van der Waals surface area contributed by atoms with Gasteiger partial charge in [0.2, 0.25) is 0 Å². The molecule has 140 valence electrons. The number of hydrogen-bond donors (Lipinski definition) is 2. The molecule has 6 heteroatoms. The summed E-state index contributed by atoms with van der Waals surface area (Å²) < 4.78 is 5.79. The molecule has 1 aliphatic rings. The molecule has 1 aliphatic heterocycles. The Hall–Kier alpha value is -1.30. The van der Waals surface area contributed by atoms with Gasteiger partial charge in [0.05, 0.1) is 12.2 Å². The summed E-state index contributed by atoms with van der Waals surface area (Å²) in [5, 5.41) is 6.62. The normalized spacial score (nSPS) is 21.8. The van der Waals surface area contributed by atoms with Gasteiger partial charge in [-0.05, 0) is 51.8 Å². The molecule has 2 rings (SSSR count). The molecular weight excluding hydrogens is 338 g/mol. The SMILES string of the molecule is C[C@H]1CN(C(C)(C)CNC(=O)NCCc2cccc(Cl)c2)C[C@H](C)O1. The highest BCUT2D eigenvalue weighted by atomic mass is 35.5. The Morgan fingerprint density at radius 3 is 2.60 bits per heavy atom. The predicted molar refractivity (Wildman–Crippen MR) is 102 cm³/mol. The number of benzene rings is 1. The first-order valence-electron chi connectivity index (χ1n) is 8.93. The van der Waals surface area contributed by atoms with Crippen LogP contribution in [-0.4, -0.2) is 54.9 Å². The van der Waals surface area contributed by atoms with Gasteiger partial charge >= 0.3 is 6.03 Å². The first-order chi connectivity index (χ1) is 11.8. The molecule has 0 unspecified atom stereocenters. The highest BCUT2D eigenvalue weighted by Crippen LogP contribution is 2.20. The largest absolute Gasteiger partial charge is 0.373 e. The van der Waals surface area contributed by atoms with Gasteiger partial charge in [-0.3, -0.25) is 4.90 Å². The van der Waals surface area contributed by atoms with Gasteiger partial charge in [-0.2, -0.15) is 0 Å². The summed E-state index contributed by atoms with van der Waals surface area (Å²) in [5.74, 6) is 0. The molecule has 2 amide bonds. The fraction of sp³-hybridized carbons (Fsp3) is 0.632. The van der Waals surface area contributed by atoms with Crippen molar-refractivity contribution in [2.24, 2.45) is 0 Å². The molecule has 1 saturated heterocycles. The van der Waals surface area contributed by atoms with Crippen molar-refractivity contribution >= 4 is 17.6 Å². The lowest BCUT2D eigenvalue weighted by Gasteiger charge is -2.45.